The van der Waals surface area contributed by atoms with Gasteiger partial charge in [0.25, 0.3) is 0 Å². The Morgan fingerprint density at radius 2 is 1.54 bits per heavy atom. The number of rotatable bonds is 2. The zero-order valence-electron chi connectivity index (χ0n) is 8.52. The summed E-state index contributed by atoms with van der Waals surface area (Å²) in [7, 11) is 0. The average molecular weight is 179 g/mol. The van der Waals surface area contributed by atoms with Crippen molar-refractivity contribution in [1.29, 1.82) is 0 Å². The van der Waals surface area contributed by atoms with Crippen molar-refractivity contribution in [3.8, 4) is 0 Å². The van der Waals surface area contributed by atoms with E-state index < -0.39 is 0 Å². The molecule has 2 saturated carbocycles. The molecule has 0 spiro atoms. The summed E-state index contributed by atoms with van der Waals surface area (Å²) in [6, 6.07) is 0. The first-order valence-corrected chi connectivity index (χ1v) is 6.17. The second-order valence-electron chi connectivity index (χ2n) is 5.33. The van der Waals surface area contributed by atoms with E-state index in [9.17, 15) is 0 Å². The predicted octanol–water partition coefficient (Wildman–Crippen LogP) is 2.71. The summed E-state index contributed by atoms with van der Waals surface area (Å²) < 4.78 is 0. The first kappa shape index (κ1) is 8.28. The molecule has 3 rings (SSSR count). The van der Waals surface area contributed by atoms with Gasteiger partial charge in [-0.15, -0.1) is 0 Å². The average Bonchev–Trinajstić information content (AvgIpc) is 2.73. The van der Waals surface area contributed by atoms with E-state index in [1.54, 1.807) is 0 Å². The highest BCUT2D eigenvalue weighted by Crippen LogP contribution is 2.52. The van der Waals surface area contributed by atoms with Gasteiger partial charge in [-0.2, -0.15) is 0 Å². The molecule has 0 aromatic heterocycles. The van der Waals surface area contributed by atoms with Gasteiger partial charge in [-0.05, 0) is 56.9 Å². The van der Waals surface area contributed by atoms with Gasteiger partial charge in [-0.1, -0.05) is 12.8 Å². The maximum atomic E-state index is 3.87. The molecule has 1 saturated heterocycles. The van der Waals surface area contributed by atoms with Crippen LogP contribution in [0.25, 0.3) is 0 Å². The van der Waals surface area contributed by atoms with Crippen LogP contribution in [0.5, 0.6) is 0 Å². The summed E-state index contributed by atoms with van der Waals surface area (Å²) in [6.45, 7) is 1.30. The molecule has 0 amide bonds. The summed E-state index contributed by atoms with van der Waals surface area (Å²) in [6.07, 6.45) is 12.0. The Labute approximate surface area is 81.3 Å². The molecule has 13 heavy (non-hydrogen) atoms. The Kier molecular flexibility index (Phi) is 1.90. The molecule has 0 bridgehead atoms. The molecule has 0 aromatic carbocycles. The third-order valence-electron chi connectivity index (χ3n) is 4.61. The molecule has 74 valence electrons. The third-order valence-corrected chi connectivity index (χ3v) is 4.61. The molecule has 1 aliphatic heterocycles. The monoisotopic (exact) mass is 179 g/mol. The molecule has 3 fully saturated rings. The summed E-state index contributed by atoms with van der Waals surface area (Å²) in [5.41, 5.74) is 0.635. The van der Waals surface area contributed by atoms with Crippen LogP contribution in [0.15, 0.2) is 0 Å². The van der Waals surface area contributed by atoms with Gasteiger partial charge in [0.15, 0.2) is 0 Å². The van der Waals surface area contributed by atoms with Crippen molar-refractivity contribution in [1.82, 2.24) is 5.32 Å². The lowest BCUT2D eigenvalue weighted by molar-refractivity contribution is 0.206. The van der Waals surface area contributed by atoms with Crippen molar-refractivity contribution >= 4 is 0 Å². The maximum absolute atomic E-state index is 3.87. The van der Waals surface area contributed by atoms with Gasteiger partial charge in [0.1, 0.15) is 0 Å². The van der Waals surface area contributed by atoms with E-state index in [1.165, 1.54) is 57.9 Å². The lowest BCUT2D eigenvalue weighted by Crippen LogP contribution is -2.48. The van der Waals surface area contributed by atoms with E-state index in [0.29, 0.717) is 5.54 Å². The normalized spacial score (nSPS) is 41.5. The molecule has 0 aromatic rings. The van der Waals surface area contributed by atoms with E-state index in [4.69, 9.17) is 0 Å². The van der Waals surface area contributed by atoms with Crippen molar-refractivity contribution in [2.75, 3.05) is 6.54 Å². The van der Waals surface area contributed by atoms with E-state index in [-0.39, 0.29) is 0 Å². The molecule has 1 nitrogen and oxygen atoms in total. The summed E-state index contributed by atoms with van der Waals surface area (Å²) in [5, 5.41) is 3.87. The van der Waals surface area contributed by atoms with Crippen LogP contribution in [-0.4, -0.2) is 12.1 Å². The molecule has 3 aliphatic rings. The summed E-state index contributed by atoms with van der Waals surface area (Å²) in [5.74, 6) is 2.11. The van der Waals surface area contributed by atoms with E-state index in [1.807, 2.05) is 0 Å². The van der Waals surface area contributed by atoms with Gasteiger partial charge < -0.3 is 5.32 Å². The second kappa shape index (κ2) is 2.98. The van der Waals surface area contributed by atoms with Gasteiger partial charge >= 0.3 is 0 Å². The fraction of sp³-hybridized carbons (Fsp3) is 1.00. The highest BCUT2D eigenvalue weighted by atomic mass is 15.0. The molecule has 1 unspecified atom stereocenters. The number of hydrogen-bond donors (Lipinski definition) is 1. The lowest BCUT2D eigenvalue weighted by Gasteiger charge is -2.36. The summed E-state index contributed by atoms with van der Waals surface area (Å²) >= 11 is 0. The van der Waals surface area contributed by atoms with Crippen LogP contribution in [0.2, 0.25) is 0 Å². The van der Waals surface area contributed by atoms with E-state index in [2.05, 4.69) is 5.32 Å². The topological polar surface area (TPSA) is 12.0 Å². The number of hydrogen-bond acceptors (Lipinski definition) is 1. The van der Waals surface area contributed by atoms with Crippen molar-refractivity contribution in [3.63, 3.8) is 0 Å². The first-order valence-electron chi connectivity index (χ1n) is 6.17. The van der Waals surface area contributed by atoms with E-state index >= 15 is 0 Å². The maximum Gasteiger partial charge on any atom is 0.0238 e. The fourth-order valence-corrected chi connectivity index (χ4v) is 3.86. The Hall–Kier alpha value is -0.0400. The quantitative estimate of drug-likeness (QED) is 0.687. The number of nitrogens with one attached hydrogen (secondary N) is 1. The minimum absolute atomic E-state index is 0.635. The van der Waals surface area contributed by atoms with Crippen molar-refractivity contribution < 1.29 is 0 Å². The Morgan fingerprint density at radius 1 is 0.846 bits per heavy atom. The van der Waals surface area contributed by atoms with Gasteiger partial charge in [0, 0.05) is 5.54 Å². The van der Waals surface area contributed by atoms with Crippen molar-refractivity contribution in [2.24, 2.45) is 11.8 Å². The van der Waals surface area contributed by atoms with Crippen molar-refractivity contribution in [2.45, 2.75) is 56.9 Å². The van der Waals surface area contributed by atoms with Gasteiger partial charge in [0.05, 0.1) is 0 Å². The van der Waals surface area contributed by atoms with Gasteiger partial charge in [-0.25, -0.2) is 0 Å². The molecule has 2 aliphatic carbocycles. The Bertz CT molecular complexity index is 183. The highest BCUT2D eigenvalue weighted by Gasteiger charge is 2.51. The molecule has 1 heterocycles. The third kappa shape index (κ3) is 1.24. The lowest BCUT2D eigenvalue weighted by atomic mass is 9.77. The van der Waals surface area contributed by atoms with Crippen LogP contribution >= 0.6 is 0 Å². The first-order chi connectivity index (χ1) is 6.42. The smallest absolute Gasteiger partial charge is 0.0238 e. The van der Waals surface area contributed by atoms with Gasteiger partial charge in [0.2, 0.25) is 0 Å². The Morgan fingerprint density at radius 3 is 2.08 bits per heavy atom. The van der Waals surface area contributed by atoms with Crippen LogP contribution in [-0.2, 0) is 0 Å². The summed E-state index contributed by atoms with van der Waals surface area (Å²) in [4.78, 5) is 0. The van der Waals surface area contributed by atoms with E-state index in [0.717, 1.165) is 11.8 Å². The van der Waals surface area contributed by atoms with Crippen molar-refractivity contribution in [3.05, 3.63) is 0 Å². The minimum atomic E-state index is 0.635. The zero-order valence-corrected chi connectivity index (χ0v) is 8.52. The predicted molar refractivity (Wildman–Crippen MR) is 54.6 cm³/mol. The molecule has 1 heteroatoms. The molecule has 1 atom stereocenters. The fourth-order valence-electron chi connectivity index (χ4n) is 3.86. The molecular formula is C12H21N. The molecule has 0 radical (unpaired) electrons. The standard InChI is InChI=1S/C12H21N/c1-2-5-10(4-1)12(11-6-7-11)8-3-9-13-12/h10-11,13H,1-9H2. The van der Waals surface area contributed by atoms with Crippen LogP contribution in [0, 0.1) is 11.8 Å². The van der Waals surface area contributed by atoms with Crippen LogP contribution in [0.4, 0.5) is 0 Å². The minimum Gasteiger partial charge on any atom is -0.311 e. The van der Waals surface area contributed by atoms with Crippen LogP contribution in [0.3, 0.4) is 0 Å². The molecular weight excluding hydrogens is 158 g/mol. The zero-order chi connectivity index (χ0) is 8.73. The second-order valence-corrected chi connectivity index (χ2v) is 5.33. The SMILES string of the molecule is C1CCC(C2(C3CC3)CCCN2)C1. The van der Waals surface area contributed by atoms with Crippen LogP contribution in [0.1, 0.15) is 51.4 Å². The molecule has 1 N–H and O–H groups in total. The highest BCUT2D eigenvalue weighted by molar-refractivity contribution is 5.08. The van der Waals surface area contributed by atoms with Gasteiger partial charge in [-0.3, -0.25) is 0 Å². The largest absolute Gasteiger partial charge is 0.311 e. The van der Waals surface area contributed by atoms with Crippen LogP contribution < -0.4 is 5.32 Å². The Balaban J connectivity index is 1.80.